The first-order valence-electron chi connectivity index (χ1n) is 10.3. The van der Waals surface area contributed by atoms with Gasteiger partial charge in [0.25, 0.3) is 0 Å². The van der Waals surface area contributed by atoms with Gasteiger partial charge in [0.05, 0.1) is 13.2 Å². The van der Waals surface area contributed by atoms with Gasteiger partial charge < -0.3 is 9.84 Å². The minimum absolute atomic E-state index is 0.164. The molecule has 2 rings (SSSR count). The lowest BCUT2D eigenvalue weighted by atomic mass is 9.67. The maximum Gasteiger partial charge on any atom is 0.135 e. The predicted molar refractivity (Wildman–Crippen MR) is 107 cm³/mol. The van der Waals surface area contributed by atoms with E-state index in [2.05, 4.69) is 19.1 Å². The Balaban J connectivity index is 1.79. The number of ketones is 1. The van der Waals surface area contributed by atoms with E-state index in [1.54, 1.807) is 14.0 Å². The molecule has 1 aliphatic rings. The number of aliphatic hydroxyl groups is 1. The van der Waals surface area contributed by atoms with Gasteiger partial charge in [0.1, 0.15) is 11.5 Å². The summed E-state index contributed by atoms with van der Waals surface area (Å²) in [6.45, 7) is 4.02. The number of aryl methyl sites for hydroxylation is 1. The largest absolute Gasteiger partial charge is 0.497 e. The van der Waals surface area contributed by atoms with Gasteiger partial charge in [-0.25, -0.2) is 0 Å². The van der Waals surface area contributed by atoms with Crippen molar-refractivity contribution in [2.75, 3.05) is 7.11 Å². The van der Waals surface area contributed by atoms with E-state index in [1.807, 2.05) is 12.1 Å². The van der Waals surface area contributed by atoms with E-state index in [9.17, 15) is 9.90 Å². The van der Waals surface area contributed by atoms with E-state index in [1.165, 1.54) is 24.8 Å². The number of hydrogen-bond acceptors (Lipinski definition) is 3. The number of hydrogen-bond donors (Lipinski definition) is 1. The van der Waals surface area contributed by atoms with E-state index >= 15 is 0 Å². The summed E-state index contributed by atoms with van der Waals surface area (Å²) in [5.74, 6) is 1.93. The SMILES string of the molecule is CCC(CCCc1ccc(OC)cc1)CCC1(C(C)=O)CCC(O)CC1. The highest BCUT2D eigenvalue weighted by Crippen LogP contribution is 2.42. The summed E-state index contributed by atoms with van der Waals surface area (Å²) in [5.41, 5.74) is 1.20. The minimum Gasteiger partial charge on any atom is -0.497 e. The Morgan fingerprint density at radius 1 is 1.23 bits per heavy atom. The fourth-order valence-electron chi connectivity index (χ4n) is 4.35. The molecule has 1 N–H and O–H groups in total. The van der Waals surface area contributed by atoms with E-state index < -0.39 is 0 Å². The smallest absolute Gasteiger partial charge is 0.135 e. The van der Waals surface area contributed by atoms with Crippen LogP contribution in [0.3, 0.4) is 0 Å². The van der Waals surface area contributed by atoms with Crippen LogP contribution in [0.1, 0.15) is 77.2 Å². The standard InChI is InChI=1S/C23H36O3/c1-4-19(6-5-7-20-8-10-22(26-3)11-9-20)12-15-23(18(2)24)16-13-21(25)14-17-23/h8-11,19,21,25H,4-7,12-17H2,1-3H3. The molecule has 0 aromatic heterocycles. The zero-order valence-corrected chi connectivity index (χ0v) is 16.8. The van der Waals surface area contributed by atoms with E-state index in [0.29, 0.717) is 11.7 Å². The third-order valence-electron chi connectivity index (χ3n) is 6.50. The third-order valence-corrected chi connectivity index (χ3v) is 6.50. The van der Waals surface area contributed by atoms with Crippen molar-refractivity contribution in [2.45, 2.75) is 84.2 Å². The molecule has 0 amide bonds. The number of aliphatic hydroxyl groups excluding tert-OH is 1. The zero-order chi connectivity index (χ0) is 19.0. The van der Waals surface area contributed by atoms with Gasteiger partial charge in [0, 0.05) is 5.41 Å². The average molecular weight is 361 g/mol. The number of carbonyl (C=O) groups is 1. The van der Waals surface area contributed by atoms with Crippen molar-refractivity contribution in [1.29, 1.82) is 0 Å². The van der Waals surface area contributed by atoms with Crippen molar-refractivity contribution in [2.24, 2.45) is 11.3 Å². The van der Waals surface area contributed by atoms with Crippen LogP contribution in [0.5, 0.6) is 5.75 Å². The fourth-order valence-corrected chi connectivity index (χ4v) is 4.35. The Morgan fingerprint density at radius 2 is 1.88 bits per heavy atom. The molecule has 0 aliphatic heterocycles. The highest BCUT2D eigenvalue weighted by atomic mass is 16.5. The molecule has 0 heterocycles. The van der Waals surface area contributed by atoms with Crippen LogP contribution in [0, 0.1) is 11.3 Å². The Labute approximate surface area is 159 Å². The molecule has 1 aliphatic carbocycles. The molecule has 3 nitrogen and oxygen atoms in total. The number of ether oxygens (including phenoxy) is 1. The fraction of sp³-hybridized carbons (Fsp3) is 0.696. The molecule has 146 valence electrons. The highest BCUT2D eigenvalue weighted by molar-refractivity contribution is 5.82. The van der Waals surface area contributed by atoms with Crippen molar-refractivity contribution in [3.05, 3.63) is 29.8 Å². The van der Waals surface area contributed by atoms with Gasteiger partial charge in [-0.1, -0.05) is 31.9 Å². The van der Waals surface area contributed by atoms with Crippen LogP contribution < -0.4 is 4.74 Å². The van der Waals surface area contributed by atoms with Gasteiger partial charge >= 0.3 is 0 Å². The molecular formula is C23H36O3. The molecular weight excluding hydrogens is 324 g/mol. The van der Waals surface area contributed by atoms with Crippen molar-refractivity contribution >= 4 is 5.78 Å². The molecule has 1 aromatic rings. The first-order valence-corrected chi connectivity index (χ1v) is 10.3. The number of carbonyl (C=O) groups excluding carboxylic acids is 1. The number of methoxy groups -OCH3 is 1. The lowest BCUT2D eigenvalue weighted by Crippen LogP contribution is -2.36. The van der Waals surface area contributed by atoms with Crippen molar-refractivity contribution < 1.29 is 14.6 Å². The predicted octanol–water partition coefficient (Wildman–Crippen LogP) is 5.33. The molecule has 0 radical (unpaired) electrons. The Morgan fingerprint density at radius 3 is 2.42 bits per heavy atom. The summed E-state index contributed by atoms with van der Waals surface area (Å²) in [4.78, 5) is 12.3. The van der Waals surface area contributed by atoms with Crippen LogP contribution in [0.2, 0.25) is 0 Å². The second-order valence-electron chi connectivity index (χ2n) is 8.12. The summed E-state index contributed by atoms with van der Waals surface area (Å²) in [5, 5.41) is 9.78. The summed E-state index contributed by atoms with van der Waals surface area (Å²) < 4.78 is 5.21. The number of Topliss-reactive ketones (excluding diaryl/α,β-unsaturated/α-hetero) is 1. The van der Waals surface area contributed by atoms with Crippen LogP contribution in [0.25, 0.3) is 0 Å². The lowest BCUT2D eigenvalue weighted by Gasteiger charge is -2.38. The van der Waals surface area contributed by atoms with Crippen molar-refractivity contribution in [1.82, 2.24) is 0 Å². The first kappa shape index (κ1) is 21.0. The molecule has 0 bridgehead atoms. The second kappa shape index (κ2) is 10.1. The Bertz CT molecular complexity index is 541. The van der Waals surface area contributed by atoms with Crippen molar-refractivity contribution in [3.8, 4) is 5.75 Å². The normalized spacial score (nSPS) is 24.2. The van der Waals surface area contributed by atoms with Crippen LogP contribution in [-0.4, -0.2) is 24.1 Å². The molecule has 3 heteroatoms. The van der Waals surface area contributed by atoms with E-state index in [0.717, 1.165) is 50.7 Å². The topological polar surface area (TPSA) is 46.5 Å². The third kappa shape index (κ3) is 5.84. The van der Waals surface area contributed by atoms with Gasteiger partial charge in [0.15, 0.2) is 0 Å². The van der Waals surface area contributed by atoms with Gasteiger partial charge in [0.2, 0.25) is 0 Å². The average Bonchev–Trinajstić information content (AvgIpc) is 2.66. The maximum absolute atomic E-state index is 12.3. The first-order chi connectivity index (χ1) is 12.5. The maximum atomic E-state index is 12.3. The van der Waals surface area contributed by atoms with Crippen LogP contribution in [-0.2, 0) is 11.2 Å². The highest BCUT2D eigenvalue weighted by Gasteiger charge is 2.38. The molecule has 1 fully saturated rings. The summed E-state index contributed by atoms with van der Waals surface area (Å²) >= 11 is 0. The summed E-state index contributed by atoms with van der Waals surface area (Å²) in [6.07, 6.45) is 9.93. The van der Waals surface area contributed by atoms with E-state index in [-0.39, 0.29) is 11.5 Å². The van der Waals surface area contributed by atoms with E-state index in [4.69, 9.17) is 4.74 Å². The molecule has 1 unspecified atom stereocenters. The molecule has 0 saturated heterocycles. The Hall–Kier alpha value is -1.35. The Kier molecular flexibility index (Phi) is 8.15. The van der Waals surface area contributed by atoms with Crippen LogP contribution in [0.15, 0.2) is 24.3 Å². The molecule has 1 saturated carbocycles. The quantitative estimate of drug-likeness (QED) is 0.613. The monoisotopic (exact) mass is 360 g/mol. The summed E-state index contributed by atoms with van der Waals surface area (Å²) in [6, 6.07) is 8.36. The van der Waals surface area contributed by atoms with Crippen molar-refractivity contribution in [3.63, 3.8) is 0 Å². The zero-order valence-electron chi connectivity index (χ0n) is 16.8. The van der Waals surface area contributed by atoms with Gasteiger partial charge in [-0.3, -0.25) is 4.79 Å². The molecule has 1 atom stereocenters. The van der Waals surface area contributed by atoms with Gasteiger partial charge in [-0.15, -0.1) is 0 Å². The van der Waals surface area contributed by atoms with Gasteiger partial charge in [-0.05, 0) is 81.9 Å². The summed E-state index contributed by atoms with van der Waals surface area (Å²) in [7, 11) is 1.70. The van der Waals surface area contributed by atoms with Crippen LogP contribution in [0.4, 0.5) is 0 Å². The molecule has 1 aromatic carbocycles. The second-order valence-corrected chi connectivity index (χ2v) is 8.12. The number of benzene rings is 1. The lowest BCUT2D eigenvalue weighted by molar-refractivity contribution is -0.130. The molecule has 26 heavy (non-hydrogen) atoms. The van der Waals surface area contributed by atoms with Gasteiger partial charge in [-0.2, -0.15) is 0 Å². The number of rotatable bonds is 10. The minimum atomic E-state index is -0.200. The molecule has 0 spiro atoms. The van der Waals surface area contributed by atoms with Crippen LogP contribution >= 0.6 is 0 Å².